The Morgan fingerprint density at radius 2 is 1.11 bits per heavy atom. The Morgan fingerprint density at radius 3 is 1.53 bits per heavy atom. The lowest BCUT2D eigenvalue weighted by Crippen LogP contribution is -2.51. The molecule has 0 N–H and O–H groups in total. The maximum Gasteiger partial charge on any atom is 0.347 e. The lowest BCUT2D eigenvalue weighted by molar-refractivity contribution is -0.187. The first-order chi connectivity index (χ1) is 24.7. The molecule has 0 radical (unpaired) electrons. The predicted molar refractivity (Wildman–Crippen MR) is 184 cm³/mol. The van der Waals surface area contributed by atoms with Crippen molar-refractivity contribution in [2.75, 3.05) is 44.4 Å². The quantitative estimate of drug-likeness (QED) is 0.117. The Hall–Kier alpha value is -4.59. The Labute approximate surface area is 312 Å². The van der Waals surface area contributed by atoms with E-state index in [0.717, 1.165) is 25.6 Å². The van der Waals surface area contributed by atoms with Gasteiger partial charge in [0.25, 0.3) is 11.8 Å². The fraction of sp³-hybridized carbons (Fsp3) is 0.727. The van der Waals surface area contributed by atoms with Crippen molar-refractivity contribution in [3.63, 3.8) is 0 Å². The first-order valence-corrected chi connectivity index (χ1v) is 17.7. The number of rotatable bonds is 18. The van der Waals surface area contributed by atoms with Crippen LogP contribution in [-0.2, 0) is 66.7 Å². The monoisotopic (exact) mass is 774 g/mol. The second-order valence-electron chi connectivity index (χ2n) is 13.0. The van der Waals surface area contributed by atoms with Crippen molar-refractivity contribution in [2.45, 2.75) is 118 Å². The first kappa shape index (κ1) is 44.6. The van der Waals surface area contributed by atoms with Gasteiger partial charge in [0.15, 0.2) is 36.6 Å². The van der Waals surface area contributed by atoms with Gasteiger partial charge in [-0.2, -0.15) is 4.37 Å². The fourth-order valence-electron chi connectivity index (χ4n) is 4.51. The highest BCUT2D eigenvalue weighted by Crippen LogP contribution is 2.26. The molecule has 6 atom stereocenters. The van der Waals surface area contributed by atoms with Crippen LogP contribution in [0.15, 0.2) is 0 Å². The third-order valence-electron chi connectivity index (χ3n) is 7.41. The molecule has 1 amide bonds. The summed E-state index contributed by atoms with van der Waals surface area (Å²) >= 11 is 1.05. The van der Waals surface area contributed by atoms with Crippen molar-refractivity contribution in [1.29, 1.82) is 0 Å². The van der Waals surface area contributed by atoms with E-state index in [4.69, 9.17) is 33.2 Å². The van der Waals surface area contributed by atoms with E-state index in [1.165, 1.54) is 34.6 Å². The van der Waals surface area contributed by atoms with E-state index >= 15 is 0 Å². The molecule has 1 fully saturated rings. The van der Waals surface area contributed by atoms with Crippen LogP contribution >= 0.6 is 11.7 Å². The lowest BCUT2D eigenvalue weighted by Gasteiger charge is -2.37. The molecule has 0 spiro atoms. The van der Waals surface area contributed by atoms with Crippen LogP contribution in [-0.4, -0.2) is 137 Å². The molecule has 0 bridgehead atoms. The molecule has 1 aromatic rings. The van der Waals surface area contributed by atoms with E-state index < -0.39 is 83.9 Å². The SMILES string of the molecule is CC(=O)O[C@@H](C)C(=O)O[C@@H](C)C(=O)O[C@@H](C)C(=O)O[C@@H](C)C(=O)O[C@@H](C)C(=O)O[C@@H](C)C(=O)N(CCCOc1nsnc1N1CCOCC1)C(C)(C)C. The lowest BCUT2D eigenvalue weighted by atomic mass is 10.0. The standard InChI is InChI=1S/C33H50N4O15S/c1-18(27(39)37(33(8,9)10)12-11-15-46-26-25(34-53-35-26)36-13-16-45-17-14-36)48-29(41)20(3)50-31(43)22(5)52-32(44)23(6)51-30(42)21(4)49-28(40)19(2)47-24(7)38/h18-23H,11-17H2,1-10H3/t18-,19-,20-,21-,22-,23-/m0/s1. The average molecular weight is 775 g/mol. The van der Waals surface area contributed by atoms with E-state index in [-0.39, 0.29) is 13.2 Å². The number of morpholine rings is 1. The highest BCUT2D eigenvalue weighted by atomic mass is 32.1. The highest BCUT2D eigenvalue weighted by Gasteiger charge is 2.35. The van der Waals surface area contributed by atoms with Gasteiger partial charge in [0.05, 0.1) is 31.5 Å². The van der Waals surface area contributed by atoms with Crippen LogP contribution in [0.1, 0.15) is 75.7 Å². The summed E-state index contributed by atoms with van der Waals surface area (Å²) in [7, 11) is 0. The third kappa shape index (κ3) is 14.4. The van der Waals surface area contributed by atoms with Crippen molar-refractivity contribution in [3.05, 3.63) is 0 Å². The topological polar surface area (TPSA) is 226 Å². The summed E-state index contributed by atoms with van der Waals surface area (Å²) in [6.07, 6.45) is -8.10. The Morgan fingerprint density at radius 1 is 0.698 bits per heavy atom. The maximum absolute atomic E-state index is 13.4. The van der Waals surface area contributed by atoms with E-state index in [1.54, 1.807) is 4.90 Å². The van der Waals surface area contributed by atoms with Crippen LogP contribution in [0.25, 0.3) is 0 Å². The summed E-state index contributed by atoms with van der Waals surface area (Å²) in [5.41, 5.74) is -0.645. The van der Waals surface area contributed by atoms with Gasteiger partial charge in [-0.25, -0.2) is 24.0 Å². The van der Waals surface area contributed by atoms with Gasteiger partial charge in [-0.15, -0.1) is 4.37 Å². The van der Waals surface area contributed by atoms with Gasteiger partial charge in [0.2, 0.25) is 5.82 Å². The molecule has 0 unspecified atom stereocenters. The fourth-order valence-corrected chi connectivity index (χ4v) is 5.03. The summed E-state index contributed by atoms with van der Waals surface area (Å²) in [5.74, 6) is -5.55. The van der Waals surface area contributed by atoms with Crippen molar-refractivity contribution in [1.82, 2.24) is 13.6 Å². The summed E-state index contributed by atoms with van der Waals surface area (Å²) in [5, 5.41) is 0. The molecule has 0 saturated carbocycles. The average Bonchev–Trinajstić information content (AvgIpc) is 3.55. The van der Waals surface area contributed by atoms with E-state index in [2.05, 4.69) is 13.5 Å². The van der Waals surface area contributed by atoms with Gasteiger partial charge in [0, 0.05) is 32.1 Å². The molecule has 298 valence electrons. The van der Waals surface area contributed by atoms with E-state index in [1.807, 2.05) is 25.7 Å². The largest absolute Gasteiger partial charge is 0.474 e. The third-order valence-corrected chi connectivity index (χ3v) is 7.91. The van der Waals surface area contributed by atoms with Gasteiger partial charge in [-0.3, -0.25) is 9.59 Å². The van der Waals surface area contributed by atoms with Crippen LogP contribution in [0.3, 0.4) is 0 Å². The van der Waals surface area contributed by atoms with Gasteiger partial charge in [-0.05, 0) is 68.7 Å². The van der Waals surface area contributed by atoms with Gasteiger partial charge < -0.3 is 47.7 Å². The second kappa shape index (κ2) is 20.6. The Bertz CT molecular complexity index is 1440. The number of ether oxygens (including phenoxy) is 8. The zero-order valence-electron chi connectivity index (χ0n) is 31.7. The van der Waals surface area contributed by atoms with Gasteiger partial charge in [-0.1, -0.05) is 0 Å². The van der Waals surface area contributed by atoms with Crippen LogP contribution in [0.2, 0.25) is 0 Å². The number of hydrogen-bond donors (Lipinski definition) is 0. The molecule has 1 aromatic heterocycles. The smallest absolute Gasteiger partial charge is 0.347 e. The van der Waals surface area contributed by atoms with Crippen molar-refractivity contribution < 1.29 is 71.5 Å². The first-order valence-electron chi connectivity index (χ1n) is 17.0. The van der Waals surface area contributed by atoms with Crippen molar-refractivity contribution in [2.24, 2.45) is 0 Å². The zero-order chi connectivity index (χ0) is 40.0. The van der Waals surface area contributed by atoms with Crippen LogP contribution in [0.4, 0.5) is 5.82 Å². The minimum absolute atomic E-state index is 0.251. The van der Waals surface area contributed by atoms with E-state index in [0.29, 0.717) is 44.4 Å². The number of aromatic nitrogens is 2. The highest BCUT2D eigenvalue weighted by molar-refractivity contribution is 6.99. The molecule has 0 aromatic carbocycles. The molecular weight excluding hydrogens is 724 g/mol. The number of anilines is 1. The van der Waals surface area contributed by atoms with E-state index in [9.17, 15) is 33.6 Å². The molecule has 1 aliphatic heterocycles. The molecule has 19 nitrogen and oxygen atoms in total. The molecule has 53 heavy (non-hydrogen) atoms. The molecule has 1 saturated heterocycles. The predicted octanol–water partition coefficient (Wildman–Crippen LogP) is 1.38. The zero-order valence-corrected chi connectivity index (χ0v) is 32.6. The molecule has 0 aliphatic carbocycles. The molecule has 2 heterocycles. The molecule has 2 rings (SSSR count). The maximum atomic E-state index is 13.4. The number of carbonyl (C=O) groups excluding carboxylic acids is 7. The minimum atomic E-state index is -1.54. The minimum Gasteiger partial charge on any atom is -0.474 e. The Kier molecular flexibility index (Phi) is 17.3. The normalized spacial score (nSPS) is 16.4. The summed E-state index contributed by atoms with van der Waals surface area (Å²) in [6, 6.07) is 0. The van der Waals surface area contributed by atoms with Crippen molar-refractivity contribution in [3.8, 4) is 5.88 Å². The summed E-state index contributed by atoms with van der Waals surface area (Å²) in [6.45, 7) is 17.0. The summed E-state index contributed by atoms with van der Waals surface area (Å²) in [4.78, 5) is 90.1. The second-order valence-corrected chi connectivity index (χ2v) is 13.5. The number of amides is 1. The van der Waals surface area contributed by atoms with Crippen LogP contribution in [0.5, 0.6) is 5.88 Å². The van der Waals surface area contributed by atoms with Crippen LogP contribution in [0, 0.1) is 0 Å². The number of esters is 6. The number of carbonyl (C=O) groups is 7. The molecule has 20 heteroatoms. The number of nitrogens with zero attached hydrogens (tertiary/aromatic N) is 4. The molecule has 1 aliphatic rings. The van der Waals surface area contributed by atoms with Gasteiger partial charge >= 0.3 is 35.8 Å². The van der Waals surface area contributed by atoms with Crippen molar-refractivity contribution >= 4 is 59.3 Å². The van der Waals surface area contributed by atoms with Crippen LogP contribution < -0.4 is 9.64 Å². The molecular formula is C33H50N4O15S. The number of hydrogen-bond acceptors (Lipinski definition) is 19. The van der Waals surface area contributed by atoms with Gasteiger partial charge in [0.1, 0.15) is 0 Å². The summed E-state index contributed by atoms with van der Waals surface area (Å²) < 4.78 is 49.8. The Balaban J connectivity index is 1.83.